The number of rotatable bonds is 4. The lowest BCUT2D eigenvalue weighted by molar-refractivity contribution is 0.291. The minimum Gasteiger partial charge on any atom is -0.490 e. The van der Waals surface area contributed by atoms with Crippen LogP contribution in [0.25, 0.3) is 0 Å². The summed E-state index contributed by atoms with van der Waals surface area (Å²) < 4.78 is 7.21. The molecule has 2 N–H and O–H groups in total. The Balaban J connectivity index is 1.91. The van der Waals surface area contributed by atoms with Crippen molar-refractivity contribution in [2.45, 2.75) is 6.54 Å². The van der Waals surface area contributed by atoms with Gasteiger partial charge < -0.3 is 10.5 Å². The van der Waals surface area contributed by atoms with Crippen LogP contribution in [0.4, 0.5) is 5.69 Å². The molecule has 0 saturated heterocycles. The smallest absolute Gasteiger partial charge is 0.139 e. The molecule has 0 atom stereocenters. The van der Waals surface area contributed by atoms with Gasteiger partial charge in [-0.1, -0.05) is 23.2 Å². The molecule has 0 aliphatic rings. The van der Waals surface area contributed by atoms with Gasteiger partial charge in [-0.3, -0.25) is 4.68 Å². The van der Waals surface area contributed by atoms with Gasteiger partial charge in [-0.2, -0.15) is 5.10 Å². The van der Waals surface area contributed by atoms with Crippen LogP contribution in [0.5, 0.6) is 5.75 Å². The molecule has 1 aromatic heterocycles. The zero-order valence-corrected chi connectivity index (χ0v) is 10.4. The van der Waals surface area contributed by atoms with Crippen molar-refractivity contribution < 1.29 is 4.74 Å². The number of aromatic nitrogens is 2. The van der Waals surface area contributed by atoms with Crippen LogP contribution in [0, 0.1) is 0 Å². The van der Waals surface area contributed by atoms with Gasteiger partial charge in [0.15, 0.2) is 0 Å². The van der Waals surface area contributed by atoms with E-state index in [1.807, 2.05) is 0 Å². The van der Waals surface area contributed by atoms with Gasteiger partial charge in [0.25, 0.3) is 0 Å². The number of hydrogen-bond donors (Lipinski definition) is 1. The van der Waals surface area contributed by atoms with Gasteiger partial charge in [-0.25, -0.2) is 0 Å². The fraction of sp³-hybridized carbons (Fsp3) is 0.182. The Morgan fingerprint density at radius 1 is 1.35 bits per heavy atom. The summed E-state index contributed by atoms with van der Waals surface area (Å²) in [5, 5.41) is 5.17. The van der Waals surface area contributed by atoms with Gasteiger partial charge in [-0.05, 0) is 12.1 Å². The number of hydrogen-bond acceptors (Lipinski definition) is 3. The molecule has 2 aromatic rings. The maximum Gasteiger partial charge on any atom is 0.139 e. The highest BCUT2D eigenvalue weighted by molar-refractivity contribution is 6.34. The highest BCUT2D eigenvalue weighted by atomic mass is 35.5. The summed E-state index contributed by atoms with van der Waals surface area (Å²) in [7, 11) is 0. The average molecular weight is 272 g/mol. The van der Waals surface area contributed by atoms with Crippen molar-refractivity contribution in [2.24, 2.45) is 0 Å². The van der Waals surface area contributed by atoms with Crippen LogP contribution in [0.1, 0.15) is 0 Å². The van der Waals surface area contributed by atoms with Crippen LogP contribution >= 0.6 is 23.2 Å². The van der Waals surface area contributed by atoms with Crippen molar-refractivity contribution in [3.63, 3.8) is 0 Å². The summed E-state index contributed by atoms with van der Waals surface area (Å²) in [6.45, 7) is 1.04. The Morgan fingerprint density at radius 2 is 2.18 bits per heavy atom. The second-order valence-electron chi connectivity index (χ2n) is 3.46. The van der Waals surface area contributed by atoms with E-state index in [0.29, 0.717) is 34.6 Å². The minimum atomic E-state index is 0.446. The molecule has 0 fully saturated rings. The van der Waals surface area contributed by atoms with Crippen molar-refractivity contribution in [1.29, 1.82) is 0 Å². The lowest BCUT2D eigenvalue weighted by Gasteiger charge is -2.08. The van der Waals surface area contributed by atoms with E-state index in [1.54, 1.807) is 35.3 Å². The van der Waals surface area contributed by atoms with Gasteiger partial charge in [0.2, 0.25) is 0 Å². The van der Waals surface area contributed by atoms with Gasteiger partial charge in [0.1, 0.15) is 12.4 Å². The van der Waals surface area contributed by atoms with E-state index >= 15 is 0 Å². The highest BCUT2D eigenvalue weighted by Crippen LogP contribution is 2.27. The molecule has 1 aromatic carbocycles. The van der Waals surface area contributed by atoms with Crippen LogP contribution in [0.3, 0.4) is 0 Å². The molecule has 90 valence electrons. The zero-order chi connectivity index (χ0) is 12.3. The van der Waals surface area contributed by atoms with Crippen LogP contribution in [-0.2, 0) is 6.54 Å². The number of nitrogen functional groups attached to an aromatic ring is 1. The molecular formula is C11H11Cl2N3O. The number of ether oxygens (including phenoxy) is 1. The molecule has 1 heterocycles. The van der Waals surface area contributed by atoms with Crippen molar-refractivity contribution in [3.05, 3.63) is 40.6 Å². The molecule has 17 heavy (non-hydrogen) atoms. The molecule has 0 bridgehead atoms. The molecule has 0 unspecified atom stereocenters. The SMILES string of the molecule is Nc1cnn(CCOc2cc(Cl)ccc2Cl)c1. The number of anilines is 1. The maximum absolute atomic E-state index is 5.96. The molecule has 0 aliphatic heterocycles. The van der Waals surface area contributed by atoms with Gasteiger partial charge in [-0.15, -0.1) is 0 Å². The summed E-state index contributed by atoms with van der Waals surface area (Å²) in [5.41, 5.74) is 6.17. The third-order valence-electron chi connectivity index (χ3n) is 2.12. The first-order chi connectivity index (χ1) is 8.15. The van der Waals surface area contributed by atoms with E-state index < -0.39 is 0 Å². The molecule has 6 heteroatoms. The molecule has 0 amide bonds. The molecule has 0 spiro atoms. The van der Waals surface area contributed by atoms with E-state index in [-0.39, 0.29) is 0 Å². The third-order valence-corrected chi connectivity index (χ3v) is 2.67. The molecule has 4 nitrogen and oxygen atoms in total. The fourth-order valence-corrected chi connectivity index (χ4v) is 1.67. The van der Waals surface area contributed by atoms with Crippen molar-refractivity contribution in [3.8, 4) is 5.75 Å². The molecular weight excluding hydrogens is 261 g/mol. The summed E-state index contributed by atoms with van der Waals surface area (Å²) in [6.07, 6.45) is 3.33. The van der Waals surface area contributed by atoms with Crippen molar-refractivity contribution >= 4 is 28.9 Å². The van der Waals surface area contributed by atoms with E-state index in [0.717, 1.165) is 0 Å². The number of nitrogens with zero attached hydrogens (tertiary/aromatic N) is 2. The van der Waals surface area contributed by atoms with Crippen molar-refractivity contribution in [1.82, 2.24) is 9.78 Å². The van der Waals surface area contributed by atoms with Crippen LogP contribution in [-0.4, -0.2) is 16.4 Å². The van der Waals surface area contributed by atoms with E-state index in [2.05, 4.69) is 5.10 Å². The van der Waals surface area contributed by atoms with Crippen LogP contribution < -0.4 is 10.5 Å². The van der Waals surface area contributed by atoms with Gasteiger partial charge in [0, 0.05) is 17.3 Å². The van der Waals surface area contributed by atoms with Gasteiger partial charge in [0.05, 0.1) is 23.5 Å². The second-order valence-corrected chi connectivity index (χ2v) is 4.30. The second kappa shape index (κ2) is 5.29. The largest absolute Gasteiger partial charge is 0.490 e. The number of halogens is 2. The molecule has 0 aliphatic carbocycles. The molecule has 2 rings (SSSR count). The third kappa shape index (κ3) is 3.28. The van der Waals surface area contributed by atoms with E-state index in [9.17, 15) is 0 Å². The van der Waals surface area contributed by atoms with Crippen molar-refractivity contribution in [2.75, 3.05) is 12.3 Å². The summed E-state index contributed by atoms with van der Waals surface area (Å²) >= 11 is 11.8. The lowest BCUT2D eigenvalue weighted by Crippen LogP contribution is -2.08. The first-order valence-corrected chi connectivity index (χ1v) is 5.76. The number of nitrogens with two attached hydrogens (primary N) is 1. The molecule has 0 saturated carbocycles. The molecule has 0 radical (unpaired) electrons. The maximum atomic E-state index is 5.96. The van der Waals surface area contributed by atoms with Crippen LogP contribution in [0.2, 0.25) is 10.0 Å². The monoisotopic (exact) mass is 271 g/mol. The zero-order valence-electron chi connectivity index (χ0n) is 8.94. The summed E-state index contributed by atoms with van der Waals surface area (Å²) in [4.78, 5) is 0. The van der Waals surface area contributed by atoms with E-state index in [1.165, 1.54) is 0 Å². The average Bonchev–Trinajstić information content (AvgIpc) is 2.69. The first kappa shape index (κ1) is 12.1. The minimum absolute atomic E-state index is 0.446. The predicted molar refractivity (Wildman–Crippen MR) is 68.6 cm³/mol. The highest BCUT2D eigenvalue weighted by Gasteiger charge is 2.02. The summed E-state index contributed by atoms with van der Waals surface area (Å²) in [5.74, 6) is 0.569. The quantitative estimate of drug-likeness (QED) is 0.931. The predicted octanol–water partition coefficient (Wildman–Crippen LogP) is 2.85. The van der Waals surface area contributed by atoms with E-state index in [4.69, 9.17) is 33.7 Å². The van der Waals surface area contributed by atoms with Crippen LogP contribution in [0.15, 0.2) is 30.6 Å². The fourth-order valence-electron chi connectivity index (χ4n) is 1.34. The Bertz CT molecular complexity index is 513. The normalized spacial score (nSPS) is 10.5. The Kier molecular flexibility index (Phi) is 3.76. The topological polar surface area (TPSA) is 53.1 Å². The lowest BCUT2D eigenvalue weighted by atomic mass is 10.3. The number of benzene rings is 1. The standard InChI is InChI=1S/C11H11Cl2N3O/c12-8-1-2-10(13)11(5-8)17-4-3-16-7-9(14)6-15-16/h1-2,5-7H,3-4,14H2. The summed E-state index contributed by atoms with van der Waals surface area (Å²) in [6, 6.07) is 5.09. The Hall–Kier alpha value is -1.39. The Morgan fingerprint density at radius 3 is 2.88 bits per heavy atom. The first-order valence-electron chi connectivity index (χ1n) is 5.01. The Labute approximate surface area is 109 Å². The van der Waals surface area contributed by atoms with Gasteiger partial charge >= 0.3 is 0 Å².